The number of benzene rings is 4. The van der Waals surface area contributed by atoms with Gasteiger partial charge in [-0.15, -0.1) is 0 Å². The second kappa shape index (κ2) is 26.0. The highest BCUT2D eigenvalue weighted by Crippen LogP contribution is 2.47. The van der Waals surface area contributed by atoms with Crippen LogP contribution in [0.4, 0.5) is 26.5 Å². The lowest BCUT2D eigenvalue weighted by molar-refractivity contribution is -0.135. The van der Waals surface area contributed by atoms with Gasteiger partial charge in [0.15, 0.2) is 0 Å². The maximum atomic E-state index is 15.2. The Kier molecular flexibility index (Phi) is 18.2. The Morgan fingerprint density at radius 1 is 0.881 bits per heavy atom. The topological polar surface area (TPSA) is 195 Å². The molecular weight excluding hydrogens is 1090 g/mol. The number of aryl methyl sites for hydroxylation is 2. The SMILES string of the molecule is [C-]#[N+]c1nn(CCCC(=O)CCOCCOCCN2CCN(C(=O)N3C(c4ccc(OC)cc4OC(C)C)=N[C@@H](c4ccc(C)cc4)[C@H]3c3ccc(Cl)cc3)CC2=O)c2c1-c1cnc(N)c(c1)N1CCC[C@@H]1c1cc(F)ccc1C(=O)N(C)C2. The Hall–Kier alpha value is -8.38. The van der Waals surface area contributed by atoms with Gasteiger partial charge < -0.3 is 49.1 Å². The van der Waals surface area contributed by atoms with Crippen LogP contribution in [0.2, 0.25) is 5.02 Å². The van der Waals surface area contributed by atoms with Crippen LogP contribution in [0.25, 0.3) is 16.0 Å². The summed E-state index contributed by atoms with van der Waals surface area (Å²) in [6, 6.07) is 25.4. The number of piperazine rings is 1. The average molecular weight is 1160 g/mol. The minimum Gasteiger partial charge on any atom is -0.497 e. The molecular formula is C63H69ClFN11O8. The number of nitrogen functional groups attached to an aromatic ring is 1. The van der Waals surface area contributed by atoms with Crippen molar-refractivity contribution >= 4 is 58.4 Å². The summed E-state index contributed by atoms with van der Waals surface area (Å²) in [6.07, 6.45) is 3.73. The fraction of sp³-hybridized carbons (Fsp3) is 0.397. The lowest BCUT2D eigenvalue weighted by Crippen LogP contribution is -2.56. The first kappa shape index (κ1) is 58.8. The molecule has 0 aliphatic carbocycles. The summed E-state index contributed by atoms with van der Waals surface area (Å²) < 4.78 is 40.1. The van der Waals surface area contributed by atoms with Crippen LogP contribution in [0.3, 0.4) is 0 Å². The van der Waals surface area contributed by atoms with E-state index in [2.05, 4.69) is 19.8 Å². The number of carbonyl (C=O) groups is 4. The first-order valence-electron chi connectivity index (χ1n) is 28.4. The van der Waals surface area contributed by atoms with Crippen LogP contribution in [0.15, 0.2) is 102 Å². The van der Waals surface area contributed by atoms with Crippen LogP contribution in [-0.2, 0) is 32.2 Å². The number of carbonyl (C=O) groups excluding carboxylic acids is 4. The van der Waals surface area contributed by atoms with Crippen LogP contribution in [-0.4, -0.2) is 143 Å². The van der Waals surface area contributed by atoms with Crippen molar-refractivity contribution in [2.45, 2.75) is 90.2 Å². The largest absolute Gasteiger partial charge is 0.497 e. The zero-order valence-corrected chi connectivity index (χ0v) is 48.7. The molecule has 4 aliphatic rings. The number of hydrogen-bond donors (Lipinski definition) is 1. The number of methoxy groups -OCH3 is 1. The fourth-order valence-electron chi connectivity index (χ4n) is 11.5. The van der Waals surface area contributed by atoms with Gasteiger partial charge in [0.05, 0.1) is 81.8 Å². The second-order valence-electron chi connectivity index (χ2n) is 21.8. The zero-order chi connectivity index (χ0) is 59.2. The number of aromatic nitrogens is 3. The third-order valence-electron chi connectivity index (χ3n) is 15.7. The molecule has 19 nitrogen and oxygen atoms in total. The summed E-state index contributed by atoms with van der Waals surface area (Å²) in [5, 5.41) is 5.23. The quantitative estimate of drug-likeness (QED) is 0.0597. The van der Waals surface area contributed by atoms with E-state index < -0.39 is 17.9 Å². The molecule has 0 unspecified atom stereocenters. The molecule has 4 amide bonds. The van der Waals surface area contributed by atoms with E-state index in [0.717, 1.165) is 23.1 Å². The highest BCUT2D eigenvalue weighted by Gasteiger charge is 2.46. The molecule has 2 aromatic heterocycles. The Balaban J connectivity index is 0.717. The van der Waals surface area contributed by atoms with E-state index >= 15 is 4.79 Å². The second-order valence-corrected chi connectivity index (χ2v) is 22.2. The van der Waals surface area contributed by atoms with Crippen molar-refractivity contribution in [2.75, 3.05) is 83.9 Å². The fourth-order valence-corrected chi connectivity index (χ4v) is 11.7. The standard InChI is InChI=1S/C63H69ClFN11O8/c1-39(2)84-54-35-47(81-6)20-22-49(54)61-69-57(41-13-11-40(3)12-14-41)58(42-15-17-44(64)18-16-42)76(61)63(80)73-27-26-72(55(78)38-73)28-30-83-32-31-82-29-23-46(77)9-7-25-75-53-37-71(5)62(79)48-21-19-45(65)34-50(48)51-10-8-24-74(51)52-33-43(36-68-59(52)66)56(53)60(67-4)70-75/h11-22,33-36,39,51,57-58H,7-10,23-32,37-38H2,1-3,5-6H3,(H2,66,68)/t51-,57+,58-/m1/s1. The number of aliphatic imine (C=N–C) groups is 1. The number of amidine groups is 1. The van der Waals surface area contributed by atoms with E-state index in [1.54, 1.807) is 62.8 Å². The Labute approximate surface area is 493 Å². The first-order valence-corrected chi connectivity index (χ1v) is 28.8. The van der Waals surface area contributed by atoms with Gasteiger partial charge in [0.25, 0.3) is 5.91 Å². The average Bonchev–Trinajstić information content (AvgIpc) is 2.07. The molecule has 0 radical (unpaired) electrons. The molecule has 6 heterocycles. The number of ketones is 1. The zero-order valence-electron chi connectivity index (χ0n) is 47.9. The number of halogens is 2. The molecule has 6 aromatic rings. The number of amides is 4. The third kappa shape index (κ3) is 12.7. The number of ether oxygens (including phenoxy) is 4. The lowest BCUT2D eigenvalue weighted by Gasteiger charge is -2.38. The van der Waals surface area contributed by atoms with E-state index in [1.165, 1.54) is 18.2 Å². The molecule has 4 aromatic carbocycles. The van der Waals surface area contributed by atoms with Gasteiger partial charge in [-0.25, -0.2) is 14.2 Å². The molecule has 2 bridgehead atoms. The van der Waals surface area contributed by atoms with Gasteiger partial charge in [0.1, 0.15) is 47.3 Å². The molecule has 438 valence electrons. The van der Waals surface area contributed by atoms with E-state index in [4.69, 9.17) is 47.8 Å². The van der Waals surface area contributed by atoms with Gasteiger partial charge in [-0.2, -0.15) is 4.68 Å². The molecule has 21 heteroatoms. The number of Topliss-reactive ketones (excluding diaryl/α,β-unsaturated/α-hetero) is 1. The molecule has 10 rings (SSSR count). The molecule has 84 heavy (non-hydrogen) atoms. The Morgan fingerprint density at radius 3 is 2.37 bits per heavy atom. The molecule has 0 saturated carbocycles. The first-order chi connectivity index (χ1) is 40.6. The summed E-state index contributed by atoms with van der Waals surface area (Å²) in [5.41, 5.74) is 13.3. The maximum absolute atomic E-state index is 15.2. The van der Waals surface area contributed by atoms with Crippen molar-refractivity contribution in [3.63, 3.8) is 0 Å². The Morgan fingerprint density at radius 2 is 1.63 bits per heavy atom. The molecule has 2 N–H and O–H groups in total. The molecule has 2 fully saturated rings. The third-order valence-corrected chi connectivity index (χ3v) is 16.0. The summed E-state index contributed by atoms with van der Waals surface area (Å²) in [6.45, 7) is 16.6. The normalized spacial score (nSPS) is 17.8. The summed E-state index contributed by atoms with van der Waals surface area (Å²) in [5.74, 6) is 0.960. The van der Waals surface area contributed by atoms with Gasteiger partial charge in [-0.1, -0.05) is 60.1 Å². The van der Waals surface area contributed by atoms with Crippen molar-refractivity contribution in [1.82, 2.24) is 34.4 Å². The van der Waals surface area contributed by atoms with Crippen molar-refractivity contribution in [3.05, 3.63) is 159 Å². The number of anilines is 2. The van der Waals surface area contributed by atoms with E-state index in [1.807, 2.05) is 75.4 Å². The van der Waals surface area contributed by atoms with Crippen LogP contribution in [0.1, 0.15) is 108 Å². The lowest BCUT2D eigenvalue weighted by atomic mass is 9.93. The van der Waals surface area contributed by atoms with Crippen molar-refractivity contribution in [1.29, 1.82) is 0 Å². The van der Waals surface area contributed by atoms with Crippen LogP contribution in [0, 0.1) is 19.3 Å². The monoisotopic (exact) mass is 1160 g/mol. The van der Waals surface area contributed by atoms with Gasteiger partial charge in [-0.05, 0) is 116 Å². The van der Waals surface area contributed by atoms with E-state index in [9.17, 15) is 18.8 Å². The van der Waals surface area contributed by atoms with Crippen molar-refractivity contribution in [2.24, 2.45) is 4.99 Å². The van der Waals surface area contributed by atoms with Crippen LogP contribution < -0.4 is 20.1 Å². The maximum Gasteiger partial charge on any atom is 0.326 e. The predicted octanol–water partition coefficient (Wildman–Crippen LogP) is 10.2. The number of nitrogens with two attached hydrogens (primary N) is 1. The smallest absolute Gasteiger partial charge is 0.326 e. The molecule has 2 saturated heterocycles. The number of pyridine rings is 1. The van der Waals surface area contributed by atoms with Gasteiger partial charge in [-0.3, -0.25) is 24.3 Å². The minimum atomic E-state index is -0.594. The van der Waals surface area contributed by atoms with E-state index in [-0.39, 0.29) is 106 Å². The predicted molar refractivity (Wildman–Crippen MR) is 317 cm³/mol. The van der Waals surface area contributed by atoms with Gasteiger partial charge in [0, 0.05) is 74.5 Å². The minimum absolute atomic E-state index is 0.0114. The number of nitrogens with zero attached hydrogens (tertiary/aromatic N) is 10. The van der Waals surface area contributed by atoms with Crippen LogP contribution in [0.5, 0.6) is 11.5 Å². The summed E-state index contributed by atoms with van der Waals surface area (Å²) in [4.78, 5) is 78.5. The van der Waals surface area contributed by atoms with Crippen molar-refractivity contribution < 1.29 is 42.5 Å². The molecule has 4 aliphatic heterocycles. The molecule has 0 spiro atoms. The highest BCUT2D eigenvalue weighted by molar-refractivity contribution is 6.30. The van der Waals surface area contributed by atoms with E-state index in [0.29, 0.717) is 101 Å². The highest BCUT2D eigenvalue weighted by atomic mass is 35.5. The number of fused-ring (bicyclic) bond motifs is 8. The van der Waals surface area contributed by atoms with Crippen LogP contribution >= 0.6 is 11.6 Å². The Bertz CT molecular complexity index is 3500. The summed E-state index contributed by atoms with van der Waals surface area (Å²) in [7, 11) is 3.26. The van der Waals surface area contributed by atoms with Crippen molar-refractivity contribution in [3.8, 4) is 22.6 Å². The van der Waals surface area contributed by atoms with Gasteiger partial charge >= 0.3 is 11.8 Å². The number of hydrogen-bond acceptors (Lipinski definition) is 13. The number of urea groups is 1. The summed E-state index contributed by atoms with van der Waals surface area (Å²) >= 11 is 6.40. The number of rotatable bonds is 19. The molecule has 3 atom stereocenters. The van der Waals surface area contributed by atoms with Gasteiger partial charge in [0.2, 0.25) is 5.91 Å².